The molecule has 0 fully saturated rings. The van der Waals surface area contributed by atoms with Gasteiger partial charge in [0.05, 0.1) is 5.69 Å². The Kier molecular flexibility index (Phi) is 2.38. The summed E-state index contributed by atoms with van der Waals surface area (Å²) in [6.45, 7) is 0. The molecule has 0 aliphatic carbocycles. The molecule has 0 radical (unpaired) electrons. The standard InChI is InChI=1S/C18H13NO/c20-19-17-11-13-6-2-3-7-14(13)16-10-9-12-5-1-4-8-15(12)18(16)17/h1-11,19-20H. The van der Waals surface area contributed by atoms with E-state index in [1.54, 1.807) is 0 Å². The van der Waals surface area contributed by atoms with E-state index in [0.717, 1.165) is 27.2 Å². The average Bonchev–Trinajstić information content (AvgIpc) is 2.53. The van der Waals surface area contributed by atoms with Gasteiger partial charge in [-0.05, 0) is 33.0 Å². The lowest BCUT2D eigenvalue weighted by Gasteiger charge is -2.12. The highest BCUT2D eigenvalue weighted by atomic mass is 16.5. The minimum absolute atomic E-state index is 0.746. The van der Waals surface area contributed by atoms with E-state index in [2.05, 4.69) is 41.9 Å². The van der Waals surface area contributed by atoms with Gasteiger partial charge in [0.15, 0.2) is 0 Å². The number of benzene rings is 4. The second-order valence-electron chi connectivity index (χ2n) is 4.97. The summed E-state index contributed by atoms with van der Waals surface area (Å²) in [6.07, 6.45) is 0. The molecular formula is C18H13NO. The average molecular weight is 259 g/mol. The van der Waals surface area contributed by atoms with Crippen LogP contribution in [0.4, 0.5) is 5.69 Å². The number of nitrogens with one attached hydrogen (secondary N) is 1. The highest BCUT2D eigenvalue weighted by Gasteiger charge is 2.09. The van der Waals surface area contributed by atoms with Crippen molar-refractivity contribution in [3.63, 3.8) is 0 Å². The highest BCUT2D eigenvalue weighted by molar-refractivity contribution is 6.22. The lowest BCUT2D eigenvalue weighted by atomic mass is 9.96. The first-order valence-electron chi connectivity index (χ1n) is 6.62. The summed E-state index contributed by atoms with van der Waals surface area (Å²) >= 11 is 0. The van der Waals surface area contributed by atoms with Gasteiger partial charge in [-0.2, -0.15) is 0 Å². The monoisotopic (exact) mass is 259 g/mol. The van der Waals surface area contributed by atoms with E-state index in [1.165, 1.54) is 10.8 Å². The normalized spacial score (nSPS) is 11.2. The van der Waals surface area contributed by atoms with Crippen LogP contribution in [0.1, 0.15) is 0 Å². The molecule has 0 atom stereocenters. The third-order valence-corrected chi connectivity index (χ3v) is 3.87. The predicted molar refractivity (Wildman–Crippen MR) is 84.4 cm³/mol. The van der Waals surface area contributed by atoms with E-state index >= 15 is 0 Å². The van der Waals surface area contributed by atoms with E-state index in [9.17, 15) is 5.21 Å². The summed E-state index contributed by atoms with van der Waals surface area (Å²) in [5, 5.41) is 16.4. The van der Waals surface area contributed by atoms with Crippen LogP contribution in [0, 0.1) is 0 Å². The van der Waals surface area contributed by atoms with Crippen molar-refractivity contribution >= 4 is 38.0 Å². The molecule has 0 saturated heterocycles. The summed E-state index contributed by atoms with van der Waals surface area (Å²) in [6, 6.07) is 22.7. The number of fused-ring (bicyclic) bond motifs is 5. The number of rotatable bonds is 1. The van der Waals surface area contributed by atoms with E-state index in [1.807, 2.05) is 30.3 Å². The van der Waals surface area contributed by atoms with E-state index in [4.69, 9.17) is 0 Å². The van der Waals surface area contributed by atoms with E-state index < -0.39 is 0 Å². The van der Waals surface area contributed by atoms with Gasteiger partial charge in [-0.1, -0.05) is 60.7 Å². The van der Waals surface area contributed by atoms with Crippen LogP contribution in [0.15, 0.2) is 66.7 Å². The van der Waals surface area contributed by atoms with E-state index in [-0.39, 0.29) is 0 Å². The molecule has 4 aromatic rings. The Morgan fingerprint density at radius 1 is 0.650 bits per heavy atom. The molecule has 0 amide bonds. The molecule has 0 spiro atoms. The molecule has 96 valence electrons. The quantitative estimate of drug-likeness (QED) is 0.374. The fraction of sp³-hybridized carbons (Fsp3) is 0. The number of hydrogen-bond donors (Lipinski definition) is 2. The Morgan fingerprint density at radius 3 is 2.15 bits per heavy atom. The summed E-state index contributed by atoms with van der Waals surface area (Å²) < 4.78 is 0. The second-order valence-corrected chi connectivity index (χ2v) is 4.97. The van der Waals surface area contributed by atoms with Crippen LogP contribution in [-0.2, 0) is 0 Å². The molecule has 0 aliphatic heterocycles. The summed E-state index contributed by atoms with van der Waals surface area (Å²) in [5.41, 5.74) is 3.10. The first-order valence-corrected chi connectivity index (χ1v) is 6.62. The number of hydrogen-bond acceptors (Lipinski definition) is 2. The van der Waals surface area contributed by atoms with Crippen LogP contribution in [0.2, 0.25) is 0 Å². The van der Waals surface area contributed by atoms with Gasteiger partial charge in [0, 0.05) is 5.39 Å². The van der Waals surface area contributed by atoms with Gasteiger partial charge < -0.3 is 0 Å². The molecule has 4 aromatic carbocycles. The molecule has 0 unspecified atom stereocenters. The Hall–Kier alpha value is -2.58. The van der Waals surface area contributed by atoms with Gasteiger partial charge in [0.25, 0.3) is 0 Å². The van der Waals surface area contributed by atoms with Gasteiger partial charge in [-0.15, -0.1) is 0 Å². The van der Waals surface area contributed by atoms with Crippen LogP contribution in [0.5, 0.6) is 0 Å². The predicted octanol–water partition coefficient (Wildman–Crippen LogP) is 4.95. The zero-order valence-electron chi connectivity index (χ0n) is 10.8. The smallest absolute Gasteiger partial charge is 0.0693 e. The first kappa shape index (κ1) is 11.3. The maximum Gasteiger partial charge on any atom is 0.0693 e. The summed E-state index contributed by atoms with van der Waals surface area (Å²) in [7, 11) is 0. The molecule has 0 heterocycles. The van der Waals surface area contributed by atoms with Gasteiger partial charge in [0.2, 0.25) is 0 Å². The van der Waals surface area contributed by atoms with Crippen molar-refractivity contribution in [3.8, 4) is 0 Å². The van der Waals surface area contributed by atoms with Crippen molar-refractivity contribution in [1.29, 1.82) is 0 Å². The van der Waals surface area contributed by atoms with Crippen LogP contribution in [-0.4, -0.2) is 5.21 Å². The minimum Gasteiger partial charge on any atom is -0.291 e. The van der Waals surface area contributed by atoms with Crippen molar-refractivity contribution in [3.05, 3.63) is 66.7 Å². The lowest BCUT2D eigenvalue weighted by molar-refractivity contribution is 0.390. The lowest BCUT2D eigenvalue weighted by Crippen LogP contribution is -1.92. The molecule has 4 rings (SSSR count). The summed E-state index contributed by atoms with van der Waals surface area (Å²) in [4.78, 5) is 0. The Labute approximate surface area is 116 Å². The van der Waals surface area contributed by atoms with Crippen molar-refractivity contribution in [2.75, 3.05) is 5.48 Å². The van der Waals surface area contributed by atoms with E-state index in [0.29, 0.717) is 0 Å². The molecule has 0 saturated carbocycles. The number of anilines is 1. The fourth-order valence-electron chi connectivity index (χ4n) is 2.97. The SMILES string of the molecule is ONc1cc2ccccc2c2ccc3ccccc3c12. The van der Waals surface area contributed by atoms with Crippen molar-refractivity contribution < 1.29 is 5.21 Å². The molecule has 0 bridgehead atoms. The van der Waals surface area contributed by atoms with Gasteiger partial charge in [0.1, 0.15) is 0 Å². The van der Waals surface area contributed by atoms with Crippen molar-refractivity contribution in [1.82, 2.24) is 0 Å². The molecule has 2 heteroatoms. The zero-order chi connectivity index (χ0) is 13.5. The third-order valence-electron chi connectivity index (χ3n) is 3.87. The van der Waals surface area contributed by atoms with Gasteiger partial charge >= 0.3 is 0 Å². The molecule has 20 heavy (non-hydrogen) atoms. The minimum atomic E-state index is 0.746. The van der Waals surface area contributed by atoms with Crippen LogP contribution >= 0.6 is 0 Å². The fourth-order valence-corrected chi connectivity index (χ4v) is 2.97. The van der Waals surface area contributed by atoms with Crippen molar-refractivity contribution in [2.45, 2.75) is 0 Å². The largest absolute Gasteiger partial charge is 0.291 e. The Bertz CT molecular complexity index is 944. The molecule has 0 aromatic heterocycles. The van der Waals surface area contributed by atoms with Gasteiger partial charge in [-0.25, -0.2) is 0 Å². The van der Waals surface area contributed by atoms with Crippen LogP contribution < -0.4 is 5.48 Å². The first-order chi connectivity index (χ1) is 9.88. The molecule has 2 N–H and O–H groups in total. The van der Waals surface area contributed by atoms with Crippen molar-refractivity contribution in [2.24, 2.45) is 0 Å². The Balaban J connectivity index is 2.33. The molecular weight excluding hydrogens is 246 g/mol. The topological polar surface area (TPSA) is 32.3 Å². The molecule has 2 nitrogen and oxygen atoms in total. The third kappa shape index (κ3) is 1.49. The maximum absolute atomic E-state index is 9.50. The van der Waals surface area contributed by atoms with Crippen LogP contribution in [0.25, 0.3) is 32.3 Å². The Morgan fingerprint density at radius 2 is 1.35 bits per heavy atom. The highest BCUT2D eigenvalue weighted by Crippen LogP contribution is 2.36. The van der Waals surface area contributed by atoms with Crippen LogP contribution in [0.3, 0.4) is 0 Å². The molecule has 0 aliphatic rings. The zero-order valence-corrected chi connectivity index (χ0v) is 10.8. The maximum atomic E-state index is 9.50. The van der Waals surface area contributed by atoms with Gasteiger partial charge in [-0.3, -0.25) is 10.7 Å². The summed E-state index contributed by atoms with van der Waals surface area (Å²) in [5.74, 6) is 0. The second kappa shape index (κ2) is 4.22.